The lowest BCUT2D eigenvalue weighted by atomic mass is 10.2. The van der Waals surface area contributed by atoms with Gasteiger partial charge in [-0.25, -0.2) is 4.98 Å². The van der Waals surface area contributed by atoms with Crippen LogP contribution >= 0.6 is 23.4 Å². The van der Waals surface area contributed by atoms with E-state index in [1.165, 1.54) is 17.3 Å². The number of halogens is 1. The summed E-state index contributed by atoms with van der Waals surface area (Å²) in [5, 5.41) is 1.19. The quantitative estimate of drug-likeness (QED) is 0.711. The largest absolute Gasteiger partial charge is 0.333 e. The molecule has 0 fully saturated rings. The lowest BCUT2D eigenvalue weighted by Gasteiger charge is -2.20. The molecule has 0 saturated heterocycles. The second-order valence-corrected chi connectivity index (χ2v) is 7.60. The van der Waals surface area contributed by atoms with Gasteiger partial charge in [0.05, 0.1) is 16.3 Å². The summed E-state index contributed by atoms with van der Waals surface area (Å²) in [4.78, 5) is 22.5. The lowest BCUT2D eigenvalue weighted by Crippen LogP contribution is -2.35. The van der Waals surface area contributed by atoms with Crippen LogP contribution in [0, 0.1) is 0 Å². The first-order valence-electron chi connectivity index (χ1n) is 7.83. The number of aromatic amines is 1. The van der Waals surface area contributed by atoms with Gasteiger partial charge in [0, 0.05) is 17.3 Å². The molecule has 1 aliphatic rings. The predicted molar refractivity (Wildman–Crippen MR) is 98.9 cm³/mol. The van der Waals surface area contributed by atoms with E-state index >= 15 is 0 Å². The number of hydrogen-bond acceptors (Lipinski definition) is 3. The van der Waals surface area contributed by atoms with Crippen LogP contribution in [0.15, 0.2) is 47.6 Å². The molecule has 3 aromatic rings. The minimum Gasteiger partial charge on any atom is -0.333 e. The lowest BCUT2D eigenvalue weighted by molar-refractivity contribution is -0.117. The van der Waals surface area contributed by atoms with Gasteiger partial charge in [0.2, 0.25) is 5.91 Å². The molecule has 0 saturated carbocycles. The smallest absolute Gasteiger partial charge is 0.240 e. The van der Waals surface area contributed by atoms with E-state index in [4.69, 9.17) is 11.6 Å². The molecule has 1 aliphatic heterocycles. The van der Waals surface area contributed by atoms with Crippen molar-refractivity contribution in [3.8, 4) is 0 Å². The van der Waals surface area contributed by atoms with Crippen molar-refractivity contribution in [2.45, 2.75) is 23.8 Å². The fraction of sp³-hybridized carbons (Fsp3) is 0.222. The molecule has 6 heteroatoms. The number of nitrogens with zero attached hydrogens (tertiary/aromatic N) is 2. The number of anilines is 1. The molecule has 0 radical (unpaired) electrons. The summed E-state index contributed by atoms with van der Waals surface area (Å²) in [6, 6.07) is 13.6. The molecule has 0 spiro atoms. The second kappa shape index (κ2) is 6.15. The Kier molecular flexibility index (Phi) is 3.98. The Hall–Kier alpha value is -1.98. The fourth-order valence-electron chi connectivity index (χ4n) is 3.02. The monoisotopic (exact) mass is 357 g/mol. The summed E-state index contributed by atoms with van der Waals surface area (Å²) >= 11 is 7.45. The molecule has 24 heavy (non-hydrogen) atoms. The van der Waals surface area contributed by atoms with Crippen LogP contribution in [0.1, 0.15) is 12.5 Å². The Labute approximate surface area is 149 Å². The van der Waals surface area contributed by atoms with Gasteiger partial charge in [-0.15, -0.1) is 0 Å². The van der Waals surface area contributed by atoms with Gasteiger partial charge in [0.25, 0.3) is 0 Å². The molecule has 1 unspecified atom stereocenters. The van der Waals surface area contributed by atoms with Crippen LogP contribution in [0.3, 0.4) is 0 Å². The Balaban J connectivity index is 1.53. The molecule has 2 heterocycles. The summed E-state index contributed by atoms with van der Waals surface area (Å²) < 4.78 is 0. The highest BCUT2D eigenvalue weighted by Gasteiger charge is 2.28. The van der Waals surface area contributed by atoms with Crippen molar-refractivity contribution >= 4 is 46.0 Å². The maximum absolute atomic E-state index is 12.8. The van der Waals surface area contributed by atoms with Gasteiger partial charge in [-0.2, -0.15) is 0 Å². The number of hydrogen-bond donors (Lipinski definition) is 1. The number of benzene rings is 2. The molecular formula is C18H16ClN3OS. The van der Waals surface area contributed by atoms with E-state index in [-0.39, 0.29) is 11.2 Å². The van der Waals surface area contributed by atoms with Crippen molar-refractivity contribution in [3.63, 3.8) is 0 Å². The Morgan fingerprint density at radius 1 is 1.33 bits per heavy atom. The molecule has 1 N–H and O–H groups in total. The molecular weight excluding hydrogens is 342 g/mol. The van der Waals surface area contributed by atoms with E-state index < -0.39 is 0 Å². The van der Waals surface area contributed by atoms with Crippen LogP contribution in [0.5, 0.6) is 0 Å². The van der Waals surface area contributed by atoms with Gasteiger partial charge in [0.15, 0.2) is 5.16 Å². The minimum absolute atomic E-state index is 0.114. The number of amides is 1. The summed E-state index contributed by atoms with van der Waals surface area (Å²) in [6.45, 7) is 2.67. The van der Waals surface area contributed by atoms with Gasteiger partial charge in [-0.1, -0.05) is 41.6 Å². The minimum atomic E-state index is -0.216. The van der Waals surface area contributed by atoms with Crippen molar-refractivity contribution in [3.05, 3.63) is 53.1 Å². The van der Waals surface area contributed by atoms with Crippen molar-refractivity contribution in [1.82, 2.24) is 9.97 Å². The molecule has 122 valence electrons. The number of carbonyl (C=O) groups excluding carboxylic acids is 1. The van der Waals surface area contributed by atoms with Crippen LogP contribution in [-0.2, 0) is 11.2 Å². The van der Waals surface area contributed by atoms with Crippen LogP contribution in [0.25, 0.3) is 11.0 Å². The summed E-state index contributed by atoms with van der Waals surface area (Å²) in [7, 11) is 0. The zero-order valence-electron chi connectivity index (χ0n) is 13.1. The third-order valence-electron chi connectivity index (χ3n) is 4.21. The number of fused-ring (bicyclic) bond motifs is 2. The highest BCUT2D eigenvalue weighted by atomic mass is 35.5. The van der Waals surface area contributed by atoms with Crippen LogP contribution < -0.4 is 4.90 Å². The second-order valence-electron chi connectivity index (χ2n) is 5.83. The third-order valence-corrected chi connectivity index (χ3v) is 5.42. The van der Waals surface area contributed by atoms with Gasteiger partial charge >= 0.3 is 0 Å². The molecule has 1 aromatic heterocycles. The number of imidazole rings is 1. The van der Waals surface area contributed by atoms with Crippen molar-refractivity contribution in [1.29, 1.82) is 0 Å². The highest BCUT2D eigenvalue weighted by Crippen LogP contribution is 2.31. The number of nitrogens with one attached hydrogen (secondary N) is 1. The standard InChI is InChI=1S/C18H16ClN3OS/c1-11(17(23)22-9-8-12-4-2-3-5-16(12)22)24-18-20-14-7-6-13(19)10-15(14)21-18/h2-7,10-11H,8-9H2,1H3,(H,20,21). The molecule has 4 rings (SSSR count). The Morgan fingerprint density at radius 2 is 2.17 bits per heavy atom. The summed E-state index contributed by atoms with van der Waals surface area (Å²) in [5.74, 6) is 0.114. The average Bonchev–Trinajstić information content (AvgIpc) is 3.17. The molecule has 2 aromatic carbocycles. The topological polar surface area (TPSA) is 49.0 Å². The third kappa shape index (κ3) is 2.78. The fourth-order valence-corrected chi connectivity index (χ4v) is 4.07. The molecule has 4 nitrogen and oxygen atoms in total. The van der Waals surface area contributed by atoms with Crippen LogP contribution in [0.4, 0.5) is 5.69 Å². The zero-order valence-corrected chi connectivity index (χ0v) is 14.7. The first-order chi connectivity index (χ1) is 11.6. The average molecular weight is 358 g/mol. The SMILES string of the molecule is CC(Sc1nc2ccc(Cl)cc2[nH]1)C(=O)N1CCc2ccccc21. The molecule has 0 aliphatic carbocycles. The molecule has 1 atom stereocenters. The normalized spacial score (nSPS) is 14.8. The van der Waals surface area contributed by atoms with E-state index in [0.29, 0.717) is 5.02 Å². The van der Waals surface area contributed by atoms with Gasteiger partial charge in [-0.3, -0.25) is 4.79 Å². The van der Waals surface area contributed by atoms with E-state index in [9.17, 15) is 4.79 Å². The summed E-state index contributed by atoms with van der Waals surface area (Å²) in [6.07, 6.45) is 0.919. The Morgan fingerprint density at radius 3 is 3.04 bits per heavy atom. The first kappa shape index (κ1) is 15.5. The number of thioether (sulfide) groups is 1. The van der Waals surface area contributed by atoms with Gasteiger partial charge in [0.1, 0.15) is 0 Å². The van der Waals surface area contributed by atoms with Crippen molar-refractivity contribution < 1.29 is 4.79 Å². The number of rotatable bonds is 3. The molecule has 1 amide bonds. The summed E-state index contributed by atoms with van der Waals surface area (Å²) in [5.41, 5.74) is 4.01. The maximum Gasteiger partial charge on any atom is 0.240 e. The van der Waals surface area contributed by atoms with E-state index in [1.807, 2.05) is 48.2 Å². The van der Waals surface area contributed by atoms with Crippen molar-refractivity contribution in [2.24, 2.45) is 0 Å². The number of para-hydroxylation sites is 1. The highest BCUT2D eigenvalue weighted by molar-refractivity contribution is 8.00. The van der Waals surface area contributed by atoms with E-state index in [2.05, 4.69) is 16.0 Å². The molecule has 0 bridgehead atoms. The predicted octanol–water partition coefficient (Wildman–Crippen LogP) is 4.29. The number of carbonyl (C=O) groups is 1. The zero-order chi connectivity index (χ0) is 16.7. The van der Waals surface area contributed by atoms with Crippen molar-refractivity contribution in [2.75, 3.05) is 11.4 Å². The van der Waals surface area contributed by atoms with Crippen LogP contribution in [0.2, 0.25) is 5.02 Å². The van der Waals surface area contributed by atoms with Gasteiger partial charge < -0.3 is 9.88 Å². The first-order valence-corrected chi connectivity index (χ1v) is 9.09. The van der Waals surface area contributed by atoms with Crippen LogP contribution in [-0.4, -0.2) is 27.7 Å². The van der Waals surface area contributed by atoms with Gasteiger partial charge in [-0.05, 0) is 43.2 Å². The number of H-pyrrole nitrogens is 1. The number of aromatic nitrogens is 2. The maximum atomic E-state index is 12.8. The Bertz CT molecular complexity index is 924. The van der Waals surface area contributed by atoms with E-state index in [1.54, 1.807) is 0 Å². The van der Waals surface area contributed by atoms with E-state index in [0.717, 1.165) is 34.8 Å².